The highest BCUT2D eigenvalue weighted by atomic mass is 19.1. The third kappa shape index (κ3) is 4.74. The number of halogens is 1. The maximum Gasteiger partial charge on any atom is 0.133 e. The third-order valence-electron chi connectivity index (χ3n) is 5.62. The molecule has 1 aliphatic rings. The standard InChI is InChI=1S/C24H28FN3O/c1-17-4-2-5-19-14-20(15-26-12-11-18-7-9-21(25)10-8-18)24(27-23(17)19)28-13-3-6-22(29)16-28/h2,4-5,7-10,14,22,26,29H,3,6,11-13,15-16H2,1H3/t22-/m0/s1. The van der Waals surface area contributed by atoms with Crippen LogP contribution in [0.1, 0.15) is 29.5 Å². The summed E-state index contributed by atoms with van der Waals surface area (Å²) >= 11 is 0. The lowest BCUT2D eigenvalue weighted by Crippen LogP contribution is -2.39. The summed E-state index contributed by atoms with van der Waals surface area (Å²) in [6.07, 6.45) is 2.39. The molecule has 1 atom stereocenters. The van der Waals surface area contributed by atoms with Crippen molar-refractivity contribution in [3.8, 4) is 0 Å². The van der Waals surface area contributed by atoms with Gasteiger partial charge in [-0.25, -0.2) is 9.37 Å². The number of benzene rings is 2. The molecule has 0 bridgehead atoms. The molecule has 2 N–H and O–H groups in total. The highest BCUT2D eigenvalue weighted by molar-refractivity contribution is 5.84. The van der Waals surface area contributed by atoms with Crippen molar-refractivity contribution in [3.05, 3.63) is 71.0 Å². The van der Waals surface area contributed by atoms with Crippen molar-refractivity contribution in [2.24, 2.45) is 0 Å². The molecule has 1 aromatic heterocycles. The van der Waals surface area contributed by atoms with Crippen molar-refractivity contribution >= 4 is 16.7 Å². The van der Waals surface area contributed by atoms with Crippen LogP contribution >= 0.6 is 0 Å². The van der Waals surface area contributed by atoms with Crippen LogP contribution in [0.2, 0.25) is 0 Å². The summed E-state index contributed by atoms with van der Waals surface area (Å²) in [6, 6.07) is 15.1. The minimum absolute atomic E-state index is 0.201. The molecule has 0 spiro atoms. The summed E-state index contributed by atoms with van der Waals surface area (Å²) in [5, 5.41) is 14.8. The van der Waals surface area contributed by atoms with Crippen LogP contribution < -0.4 is 10.2 Å². The molecule has 1 saturated heterocycles. The number of aryl methyl sites for hydroxylation is 1. The van der Waals surface area contributed by atoms with Gasteiger partial charge in [-0.15, -0.1) is 0 Å². The second-order valence-electron chi connectivity index (χ2n) is 7.91. The number of nitrogens with zero attached hydrogens (tertiary/aromatic N) is 2. The molecule has 2 heterocycles. The fourth-order valence-electron chi connectivity index (χ4n) is 4.04. The molecule has 0 aliphatic carbocycles. The van der Waals surface area contributed by atoms with E-state index in [2.05, 4.69) is 41.4 Å². The number of hydrogen-bond acceptors (Lipinski definition) is 4. The highest BCUT2D eigenvalue weighted by Gasteiger charge is 2.22. The first-order valence-electron chi connectivity index (χ1n) is 10.4. The molecule has 4 rings (SSSR count). The lowest BCUT2D eigenvalue weighted by molar-refractivity contribution is 0.154. The number of rotatable bonds is 6. The topological polar surface area (TPSA) is 48.4 Å². The fraction of sp³-hybridized carbons (Fsp3) is 0.375. The zero-order valence-corrected chi connectivity index (χ0v) is 16.9. The largest absolute Gasteiger partial charge is 0.391 e. The Hall–Kier alpha value is -2.50. The number of β-amino-alcohol motifs (C(OH)–C–C–N with tert-alkyl or cyclic N) is 1. The van der Waals surface area contributed by atoms with E-state index in [1.165, 1.54) is 12.1 Å². The van der Waals surface area contributed by atoms with Gasteiger partial charge < -0.3 is 15.3 Å². The van der Waals surface area contributed by atoms with Gasteiger partial charge in [-0.3, -0.25) is 0 Å². The summed E-state index contributed by atoms with van der Waals surface area (Å²) in [7, 11) is 0. The summed E-state index contributed by atoms with van der Waals surface area (Å²) in [5.74, 6) is 0.771. The first kappa shape index (κ1) is 19.8. The molecule has 0 saturated carbocycles. The Balaban J connectivity index is 1.53. The molecule has 1 fully saturated rings. The van der Waals surface area contributed by atoms with Gasteiger partial charge in [0.15, 0.2) is 0 Å². The van der Waals surface area contributed by atoms with E-state index in [0.29, 0.717) is 13.1 Å². The number of piperidine rings is 1. The van der Waals surface area contributed by atoms with E-state index in [-0.39, 0.29) is 11.9 Å². The van der Waals surface area contributed by atoms with Crippen LogP contribution in [0.15, 0.2) is 48.5 Å². The van der Waals surface area contributed by atoms with E-state index in [1.807, 2.05) is 12.1 Å². The SMILES string of the molecule is Cc1cccc2cc(CNCCc3ccc(F)cc3)c(N3CCC[C@H](O)C3)nc12. The van der Waals surface area contributed by atoms with Crippen molar-refractivity contribution in [2.75, 3.05) is 24.5 Å². The van der Waals surface area contributed by atoms with Crippen LogP contribution in [0.3, 0.4) is 0 Å². The van der Waals surface area contributed by atoms with Gasteiger partial charge in [0.1, 0.15) is 11.6 Å². The van der Waals surface area contributed by atoms with Crippen molar-refractivity contribution in [1.29, 1.82) is 0 Å². The Labute approximate surface area is 171 Å². The number of nitrogens with one attached hydrogen (secondary N) is 1. The van der Waals surface area contributed by atoms with Crippen LogP contribution in [-0.4, -0.2) is 35.8 Å². The molecule has 1 aliphatic heterocycles. The molecule has 5 heteroatoms. The predicted molar refractivity (Wildman–Crippen MR) is 116 cm³/mol. The molecule has 29 heavy (non-hydrogen) atoms. The quantitative estimate of drug-likeness (QED) is 0.622. The lowest BCUT2D eigenvalue weighted by atomic mass is 10.0. The first-order valence-corrected chi connectivity index (χ1v) is 10.4. The normalized spacial score (nSPS) is 17.1. The van der Waals surface area contributed by atoms with Gasteiger partial charge in [-0.05, 0) is 62.1 Å². The Bertz CT molecular complexity index is 974. The monoisotopic (exact) mass is 393 g/mol. The van der Waals surface area contributed by atoms with Crippen molar-refractivity contribution in [1.82, 2.24) is 10.3 Å². The van der Waals surface area contributed by atoms with Crippen molar-refractivity contribution in [3.63, 3.8) is 0 Å². The summed E-state index contributed by atoms with van der Waals surface area (Å²) in [6.45, 7) is 5.15. The molecule has 2 aromatic carbocycles. The summed E-state index contributed by atoms with van der Waals surface area (Å²) in [4.78, 5) is 7.23. The van der Waals surface area contributed by atoms with Gasteiger partial charge in [-0.2, -0.15) is 0 Å². The van der Waals surface area contributed by atoms with E-state index in [9.17, 15) is 9.50 Å². The van der Waals surface area contributed by atoms with Gasteiger partial charge in [0, 0.05) is 30.6 Å². The van der Waals surface area contributed by atoms with Gasteiger partial charge in [0.2, 0.25) is 0 Å². The van der Waals surface area contributed by atoms with E-state index in [0.717, 1.165) is 65.8 Å². The molecular weight excluding hydrogens is 365 g/mol. The molecule has 0 radical (unpaired) electrons. The zero-order valence-electron chi connectivity index (χ0n) is 16.9. The number of fused-ring (bicyclic) bond motifs is 1. The second kappa shape index (κ2) is 8.89. The first-order chi connectivity index (χ1) is 14.1. The number of aromatic nitrogens is 1. The summed E-state index contributed by atoms with van der Waals surface area (Å²) < 4.78 is 13.1. The molecular formula is C24H28FN3O. The zero-order chi connectivity index (χ0) is 20.2. The molecule has 4 nitrogen and oxygen atoms in total. The van der Waals surface area contributed by atoms with E-state index < -0.39 is 0 Å². The Morgan fingerprint density at radius 2 is 2.03 bits per heavy atom. The number of pyridine rings is 1. The van der Waals surface area contributed by atoms with Crippen LogP contribution in [0, 0.1) is 12.7 Å². The molecule has 0 amide bonds. The van der Waals surface area contributed by atoms with E-state index in [1.54, 1.807) is 0 Å². The average Bonchev–Trinajstić information content (AvgIpc) is 2.72. The second-order valence-corrected chi connectivity index (χ2v) is 7.91. The number of anilines is 1. The Kier molecular flexibility index (Phi) is 6.07. The van der Waals surface area contributed by atoms with Gasteiger partial charge in [0.05, 0.1) is 11.6 Å². The third-order valence-corrected chi connectivity index (χ3v) is 5.62. The minimum Gasteiger partial charge on any atom is -0.391 e. The smallest absolute Gasteiger partial charge is 0.133 e. The number of aliphatic hydroxyl groups is 1. The van der Waals surface area contributed by atoms with Crippen LogP contribution in [0.5, 0.6) is 0 Å². The van der Waals surface area contributed by atoms with Crippen LogP contribution in [0.25, 0.3) is 10.9 Å². The van der Waals surface area contributed by atoms with Crippen LogP contribution in [-0.2, 0) is 13.0 Å². The van der Waals surface area contributed by atoms with Crippen molar-refractivity contribution < 1.29 is 9.50 Å². The van der Waals surface area contributed by atoms with Gasteiger partial charge >= 0.3 is 0 Å². The molecule has 0 unspecified atom stereocenters. The lowest BCUT2D eigenvalue weighted by Gasteiger charge is -2.32. The minimum atomic E-state index is -0.294. The molecule has 152 valence electrons. The average molecular weight is 394 g/mol. The van der Waals surface area contributed by atoms with E-state index >= 15 is 0 Å². The van der Waals surface area contributed by atoms with Crippen molar-refractivity contribution in [2.45, 2.75) is 38.8 Å². The molecule has 3 aromatic rings. The maximum atomic E-state index is 13.1. The van der Waals surface area contributed by atoms with E-state index in [4.69, 9.17) is 4.98 Å². The number of para-hydroxylation sites is 1. The number of hydrogen-bond donors (Lipinski definition) is 2. The van der Waals surface area contributed by atoms with Gasteiger partial charge in [-0.1, -0.05) is 30.3 Å². The Morgan fingerprint density at radius 3 is 2.83 bits per heavy atom. The van der Waals surface area contributed by atoms with Crippen LogP contribution in [0.4, 0.5) is 10.2 Å². The predicted octanol–water partition coefficient (Wildman–Crippen LogP) is 3.98. The fourth-order valence-corrected chi connectivity index (χ4v) is 4.04. The summed E-state index contributed by atoms with van der Waals surface area (Å²) in [5.41, 5.74) is 4.46. The maximum absolute atomic E-state index is 13.1. The Morgan fingerprint density at radius 1 is 1.21 bits per heavy atom. The van der Waals surface area contributed by atoms with Gasteiger partial charge in [0.25, 0.3) is 0 Å². The highest BCUT2D eigenvalue weighted by Crippen LogP contribution is 2.27. The number of aliphatic hydroxyl groups excluding tert-OH is 1.